The van der Waals surface area contributed by atoms with Crippen LogP contribution in [0.4, 0.5) is 0 Å². The molecule has 0 aromatic heterocycles. The maximum atomic E-state index is 12.5. The fourth-order valence-corrected chi connectivity index (χ4v) is 3.46. The maximum Gasteiger partial charge on any atom is 1.00 e. The summed E-state index contributed by atoms with van der Waals surface area (Å²) in [5, 5.41) is 4.05. The molecule has 0 atom stereocenters. The molecule has 6 heteroatoms. The van der Waals surface area contributed by atoms with Crippen LogP contribution in [0.2, 0.25) is 0 Å². The van der Waals surface area contributed by atoms with Crippen molar-refractivity contribution >= 4 is 27.4 Å². The number of nitrogens with zero attached hydrogens (tertiary/aromatic N) is 2. The summed E-state index contributed by atoms with van der Waals surface area (Å²) in [5.41, 5.74) is 4.25. The maximum absolute atomic E-state index is 12.5. The number of aryl methyl sites for hydroxylation is 1. The van der Waals surface area contributed by atoms with Crippen molar-refractivity contribution in [2.45, 2.75) is 18.7 Å². The van der Waals surface area contributed by atoms with Crippen LogP contribution in [-0.4, -0.2) is 14.1 Å². The summed E-state index contributed by atoms with van der Waals surface area (Å²) < 4.78 is 24.9. The van der Waals surface area contributed by atoms with Crippen molar-refractivity contribution < 1.29 is 38.0 Å². The van der Waals surface area contributed by atoms with Crippen LogP contribution in [0.3, 0.4) is 0 Å². The number of hydrogen-bond acceptors (Lipinski definition) is 3. The summed E-state index contributed by atoms with van der Waals surface area (Å²) in [5.74, 6) is 0. The van der Waals surface area contributed by atoms with E-state index in [1.165, 1.54) is 12.1 Å². The van der Waals surface area contributed by atoms with Gasteiger partial charge in [-0.1, -0.05) is 78.4 Å². The van der Waals surface area contributed by atoms with Crippen molar-refractivity contribution in [2.24, 2.45) is 5.10 Å². The van der Waals surface area contributed by atoms with E-state index < -0.39 is 10.0 Å². The fraction of sp³-hybridized carbons (Fsp3) is 0.0870. The molecule has 0 bridgehead atoms. The molecule has 29 heavy (non-hydrogen) atoms. The van der Waals surface area contributed by atoms with Crippen LogP contribution < -0.4 is 29.6 Å². The van der Waals surface area contributed by atoms with Gasteiger partial charge >= 0.3 is 29.6 Å². The quantitative estimate of drug-likeness (QED) is 0.271. The molecule has 3 rings (SSSR count). The molecular weight excluding hydrogens is 391 g/mol. The van der Waals surface area contributed by atoms with Gasteiger partial charge in [-0.3, -0.25) is 0 Å². The summed E-state index contributed by atoms with van der Waals surface area (Å²) in [6, 6.07) is 26.1. The molecule has 3 aromatic carbocycles. The third-order valence-corrected chi connectivity index (χ3v) is 5.37. The van der Waals surface area contributed by atoms with Crippen LogP contribution in [0.1, 0.15) is 23.6 Å². The zero-order valence-electron chi connectivity index (χ0n) is 16.8. The monoisotopic (exact) mass is 412 g/mol. The SMILES string of the molecule is CC(=N\[N-]S(=O)(=O)c1ccc(C)cc1)/C(=C\c1ccccc1)c1ccccc1.[Na+]. The number of sulfonamides is 1. The van der Waals surface area contributed by atoms with Crippen LogP contribution in [0.25, 0.3) is 16.5 Å². The standard InChI is InChI=1S/C23H21N2O2S.Na/c1-18-13-15-22(16-14-18)28(26,27)25-24-19(2)23(21-11-7-4-8-12-21)17-20-9-5-3-6-10-20;/h3-17H,1-2H3;/q-1;+1/b23-17+,24-19+;. The van der Waals surface area contributed by atoms with Crippen LogP contribution in [0.15, 0.2) is 94.9 Å². The second-order valence-corrected chi connectivity index (χ2v) is 7.97. The third kappa shape index (κ3) is 6.41. The number of rotatable bonds is 6. The first-order valence-corrected chi connectivity index (χ1v) is 10.3. The van der Waals surface area contributed by atoms with Crippen molar-refractivity contribution in [3.05, 3.63) is 106 Å². The third-order valence-electron chi connectivity index (χ3n) is 4.20. The van der Waals surface area contributed by atoms with Gasteiger partial charge in [-0.15, -0.1) is 0 Å². The van der Waals surface area contributed by atoms with Gasteiger partial charge in [0.15, 0.2) is 0 Å². The minimum atomic E-state index is -3.85. The summed E-state index contributed by atoms with van der Waals surface area (Å²) in [6.45, 7) is 3.66. The van der Waals surface area contributed by atoms with Gasteiger partial charge in [-0.25, -0.2) is 8.42 Å². The predicted octanol–water partition coefficient (Wildman–Crippen LogP) is 2.68. The smallest absolute Gasteiger partial charge is 0.490 e. The van der Waals surface area contributed by atoms with Gasteiger partial charge in [0.1, 0.15) is 10.0 Å². The van der Waals surface area contributed by atoms with Crippen molar-refractivity contribution in [2.75, 3.05) is 0 Å². The molecule has 0 amide bonds. The Bertz CT molecular complexity index is 1090. The normalized spacial score (nSPS) is 12.2. The zero-order valence-corrected chi connectivity index (χ0v) is 19.6. The molecule has 4 nitrogen and oxygen atoms in total. The Hall–Kier alpha value is -2.18. The van der Waals surface area contributed by atoms with Gasteiger partial charge in [0, 0.05) is 11.3 Å². The van der Waals surface area contributed by atoms with E-state index in [2.05, 4.69) is 9.93 Å². The second-order valence-electron chi connectivity index (χ2n) is 6.39. The van der Waals surface area contributed by atoms with Crippen molar-refractivity contribution in [3.63, 3.8) is 0 Å². The van der Waals surface area contributed by atoms with Crippen LogP contribution in [0.5, 0.6) is 0 Å². The summed E-state index contributed by atoms with van der Waals surface area (Å²) in [4.78, 5) is 3.79. The second kappa shape index (κ2) is 10.6. The molecule has 0 fully saturated rings. The molecule has 0 aliphatic rings. The Kier molecular flexibility index (Phi) is 8.41. The first-order valence-electron chi connectivity index (χ1n) is 8.86. The van der Waals surface area contributed by atoms with Gasteiger partial charge in [-0.2, -0.15) is 0 Å². The first kappa shape index (κ1) is 23.1. The van der Waals surface area contributed by atoms with Gasteiger partial charge in [-0.05, 0) is 43.2 Å². The van der Waals surface area contributed by atoms with Gasteiger partial charge in [0.25, 0.3) is 0 Å². The van der Waals surface area contributed by atoms with Crippen LogP contribution >= 0.6 is 0 Å². The average Bonchev–Trinajstić information content (AvgIpc) is 2.72. The number of hydrogen-bond donors (Lipinski definition) is 0. The molecule has 0 saturated heterocycles. The molecule has 3 aromatic rings. The fourth-order valence-electron chi connectivity index (χ4n) is 2.66. The topological polar surface area (TPSA) is 60.6 Å². The first-order chi connectivity index (χ1) is 13.5. The average molecular weight is 412 g/mol. The van der Waals surface area contributed by atoms with E-state index in [4.69, 9.17) is 0 Å². The van der Waals surface area contributed by atoms with Crippen LogP contribution in [0, 0.1) is 6.92 Å². The largest absolute Gasteiger partial charge is 1.00 e. The van der Waals surface area contributed by atoms with E-state index in [0.717, 1.165) is 22.3 Å². The Morgan fingerprint density at radius 3 is 2.00 bits per heavy atom. The van der Waals surface area contributed by atoms with Gasteiger partial charge in [0.2, 0.25) is 0 Å². The Balaban J connectivity index is 0.00000300. The van der Waals surface area contributed by atoms with E-state index in [-0.39, 0.29) is 34.5 Å². The summed E-state index contributed by atoms with van der Waals surface area (Å²) >= 11 is 0. The molecule has 142 valence electrons. The number of allylic oxidation sites excluding steroid dienone is 1. The number of benzene rings is 3. The van der Waals surface area contributed by atoms with E-state index in [0.29, 0.717) is 5.71 Å². The van der Waals surface area contributed by atoms with E-state index in [1.807, 2.05) is 73.7 Å². The zero-order chi connectivity index (χ0) is 20.0. The van der Waals surface area contributed by atoms with Crippen molar-refractivity contribution in [1.29, 1.82) is 0 Å². The Labute approximate surface area is 194 Å². The van der Waals surface area contributed by atoms with Crippen LogP contribution in [-0.2, 0) is 10.0 Å². The summed E-state index contributed by atoms with van der Waals surface area (Å²) in [6.07, 6.45) is 1.97. The minimum Gasteiger partial charge on any atom is -0.490 e. The van der Waals surface area contributed by atoms with Gasteiger partial charge in [0.05, 0.1) is 4.90 Å². The van der Waals surface area contributed by atoms with Crippen molar-refractivity contribution in [1.82, 2.24) is 0 Å². The minimum absolute atomic E-state index is 0. The molecule has 0 N–H and O–H groups in total. The Morgan fingerprint density at radius 2 is 1.41 bits per heavy atom. The molecule has 0 spiro atoms. The molecule has 0 radical (unpaired) electrons. The summed E-state index contributed by atoms with van der Waals surface area (Å²) in [7, 11) is -3.85. The molecule has 0 heterocycles. The van der Waals surface area contributed by atoms with Crippen molar-refractivity contribution in [3.8, 4) is 0 Å². The van der Waals surface area contributed by atoms with E-state index in [1.54, 1.807) is 19.1 Å². The predicted molar refractivity (Wildman–Crippen MR) is 116 cm³/mol. The van der Waals surface area contributed by atoms with E-state index >= 15 is 0 Å². The molecule has 0 aliphatic carbocycles. The molecular formula is C23H21N2NaO2S. The van der Waals surface area contributed by atoms with E-state index in [9.17, 15) is 8.42 Å². The molecule has 0 saturated carbocycles. The molecule has 0 aliphatic heterocycles. The Morgan fingerprint density at radius 1 is 0.862 bits per heavy atom. The molecule has 0 unspecified atom stereocenters. The van der Waals surface area contributed by atoms with Gasteiger partial charge < -0.3 is 9.93 Å².